The number of carbonyl (C=O) groups excluding carboxylic acids is 2. The van der Waals surface area contributed by atoms with Crippen molar-refractivity contribution in [1.82, 2.24) is 10.2 Å². The highest BCUT2D eigenvalue weighted by atomic mass is 32.1. The van der Waals surface area contributed by atoms with Crippen LogP contribution in [0.25, 0.3) is 0 Å². The largest absolute Gasteiger partial charge is 0.379 e. The lowest BCUT2D eigenvalue weighted by Crippen LogP contribution is -2.54. The van der Waals surface area contributed by atoms with Gasteiger partial charge in [-0.3, -0.25) is 9.59 Å². The normalized spacial score (nSPS) is 21.2. The standard InChI is InChI=1S/C17H26N2O3S/c1-13(2)22-10-5-9-18-16(21)17(3)8-7-15(20)19(17)12-14-6-4-11-23-14/h4,6,11,13H,5,7-10,12H2,1-3H3,(H,18,21)/t17-/m1/s1. The molecule has 0 saturated carbocycles. The Balaban J connectivity index is 1.89. The highest BCUT2D eigenvalue weighted by Crippen LogP contribution is 2.32. The van der Waals surface area contributed by atoms with Gasteiger partial charge in [0.15, 0.2) is 0 Å². The number of thiophene rings is 1. The van der Waals surface area contributed by atoms with Crippen LogP contribution in [0.1, 0.15) is 44.9 Å². The molecule has 1 aromatic heterocycles. The van der Waals surface area contributed by atoms with E-state index in [-0.39, 0.29) is 17.9 Å². The zero-order valence-electron chi connectivity index (χ0n) is 14.1. The number of carbonyl (C=O) groups is 2. The first kappa shape index (κ1) is 17.9. The lowest BCUT2D eigenvalue weighted by atomic mass is 9.97. The molecular formula is C17H26N2O3S. The number of nitrogens with one attached hydrogen (secondary N) is 1. The van der Waals surface area contributed by atoms with E-state index in [2.05, 4.69) is 5.32 Å². The Morgan fingerprint density at radius 2 is 2.30 bits per heavy atom. The van der Waals surface area contributed by atoms with Crippen molar-refractivity contribution in [3.05, 3.63) is 22.4 Å². The van der Waals surface area contributed by atoms with Crippen LogP contribution >= 0.6 is 11.3 Å². The molecular weight excluding hydrogens is 312 g/mol. The van der Waals surface area contributed by atoms with E-state index in [1.54, 1.807) is 16.2 Å². The Hall–Kier alpha value is -1.40. The van der Waals surface area contributed by atoms with E-state index in [1.165, 1.54) is 0 Å². The number of likely N-dealkylation sites (tertiary alicyclic amines) is 1. The van der Waals surface area contributed by atoms with E-state index in [0.717, 1.165) is 11.3 Å². The van der Waals surface area contributed by atoms with Gasteiger partial charge >= 0.3 is 0 Å². The maximum absolute atomic E-state index is 12.6. The number of hydrogen-bond donors (Lipinski definition) is 1. The number of rotatable bonds is 8. The molecule has 0 spiro atoms. The van der Waals surface area contributed by atoms with Crippen LogP contribution in [-0.2, 0) is 20.9 Å². The van der Waals surface area contributed by atoms with E-state index in [1.807, 2.05) is 38.3 Å². The molecule has 0 unspecified atom stereocenters. The second-order valence-electron chi connectivity index (χ2n) is 6.36. The van der Waals surface area contributed by atoms with Crippen molar-refractivity contribution >= 4 is 23.2 Å². The first-order valence-electron chi connectivity index (χ1n) is 8.16. The summed E-state index contributed by atoms with van der Waals surface area (Å²) in [6, 6.07) is 3.96. The van der Waals surface area contributed by atoms with Crippen LogP contribution in [0.3, 0.4) is 0 Å². The molecule has 0 aromatic carbocycles. The SMILES string of the molecule is CC(C)OCCCNC(=O)[C@@]1(C)CCC(=O)N1Cc1cccs1. The monoisotopic (exact) mass is 338 g/mol. The van der Waals surface area contributed by atoms with Crippen molar-refractivity contribution in [2.75, 3.05) is 13.2 Å². The predicted molar refractivity (Wildman–Crippen MR) is 91.2 cm³/mol. The minimum absolute atomic E-state index is 0.0548. The fourth-order valence-corrected chi connectivity index (χ4v) is 3.43. The summed E-state index contributed by atoms with van der Waals surface area (Å²) in [5, 5.41) is 4.95. The first-order chi connectivity index (χ1) is 10.9. The summed E-state index contributed by atoms with van der Waals surface area (Å²) in [4.78, 5) is 27.6. The highest BCUT2D eigenvalue weighted by Gasteiger charge is 2.47. The molecule has 23 heavy (non-hydrogen) atoms. The summed E-state index contributed by atoms with van der Waals surface area (Å²) >= 11 is 1.61. The molecule has 0 bridgehead atoms. The molecule has 2 heterocycles. The Bertz CT molecular complexity index is 530. The summed E-state index contributed by atoms with van der Waals surface area (Å²) in [6.07, 6.45) is 1.99. The van der Waals surface area contributed by atoms with Crippen LogP contribution in [-0.4, -0.2) is 41.5 Å². The molecule has 0 aliphatic carbocycles. The zero-order chi connectivity index (χ0) is 16.9. The maximum Gasteiger partial charge on any atom is 0.245 e. The Morgan fingerprint density at radius 1 is 1.52 bits per heavy atom. The van der Waals surface area contributed by atoms with Crippen LogP contribution in [0.15, 0.2) is 17.5 Å². The van der Waals surface area contributed by atoms with Crippen LogP contribution in [0, 0.1) is 0 Å². The number of amides is 2. The van der Waals surface area contributed by atoms with Crippen molar-refractivity contribution in [1.29, 1.82) is 0 Å². The van der Waals surface area contributed by atoms with E-state index >= 15 is 0 Å². The fourth-order valence-electron chi connectivity index (χ4n) is 2.74. The van der Waals surface area contributed by atoms with Crippen molar-refractivity contribution in [3.63, 3.8) is 0 Å². The van der Waals surface area contributed by atoms with Crippen molar-refractivity contribution in [2.45, 2.75) is 58.2 Å². The van der Waals surface area contributed by atoms with Gasteiger partial charge in [0.05, 0.1) is 12.6 Å². The van der Waals surface area contributed by atoms with E-state index in [0.29, 0.717) is 32.5 Å². The summed E-state index contributed by atoms with van der Waals surface area (Å²) in [6.45, 7) is 7.56. The van der Waals surface area contributed by atoms with Crippen LogP contribution in [0.5, 0.6) is 0 Å². The van der Waals surface area contributed by atoms with Gasteiger partial charge < -0.3 is 15.0 Å². The van der Waals surface area contributed by atoms with Gasteiger partial charge in [0, 0.05) is 24.4 Å². The lowest BCUT2D eigenvalue weighted by Gasteiger charge is -2.33. The quantitative estimate of drug-likeness (QED) is 0.741. The summed E-state index contributed by atoms with van der Waals surface area (Å²) in [5.74, 6) is -0.0105. The van der Waals surface area contributed by atoms with Gasteiger partial charge in [-0.2, -0.15) is 0 Å². The molecule has 1 N–H and O–H groups in total. The van der Waals surface area contributed by atoms with Crippen molar-refractivity contribution in [2.24, 2.45) is 0 Å². The molecule has 0 radical (unpaired) electrons. The van der Waals surface area contributed by atoms with Gasteiger partial charge in [-0.05, 0) is 45.1 Å². The highest BCUT2D eigenvalue weighted by molar-refractivity contribution is 7.09. The summed E-state index contributed by atoms with van der Waals surface area (Å²) in [7, 11) is 0. The lowest BCUT2D eigenvalue weighted by molar-refractivity contribution is -0.141. The van der Waals surface area contributed by atoms with Gasteiger partial charge in [-0.1, -0.05) is 6.07 Å². The van der Waals surface area contributed by atoms with Gasteiger partial charge in [0.1, 0.15) is 5.54 Å². The third kappa shape index (κ3) is 4.54. The minimum Gasteiger partial charge on any atom is -0.379 e. The zero-order valence-corrected chi connectivity index (χ0v) is 14.9. The van der Waals surface area contributed by atoms with E-state index in [4.69, 9.17) is 4.74 Å². The third-order valence-electron chi connectivity index (χ3n) is 4.16. The van der Waals surface area contributed by atoms with Crippen molar-refractivity contribution < 1.29 is 14.3 Å². The molecule has 6 heteroatoms. The molecule has 2 rings (SSSR count). The molecule has 5 nitrogen and oxygen atoms in total. The maximum atomic E-state index is 12.6. The van der Waals surface area contributed by atoms with Gasteiger partial charge in [0.25, 0.3) is 0 Å². The minimum atomic E-state index is -0.750. The summed E-state index contributed by atoms with van der Waals surface area (Å²) in [5.41, 5.74) is -0.750. The smallest absolute Gasteiger partial charge is 0.245 e. The molecule has 1 aromatic rings. The first-order valence-corrected chi connectivity index (χ1v) is 9.04. The number of ether oxygens (including phenoxy) is 1. The molecule has 128 valence electrons. The fraction of sp³-hybridized carbons (Fsp3) is 0.647. The Labute approximate surface area is 142 Å². The number of hydrogen-bond acceptors (Lipinski definition) is 4. The van der Waals surface area contributed by atoms with E-state index in [9.17, 15) is 9.59 Å². The number of nitrogens with zero attached hydrogens (tertiary/aromatic N) is 1. The molecule has 2 amide bonds. The topological polar surface area (TPSA) is 58.6 Å². The van der Waals surface area contributed by atoms with Crippen LogP contribution in [0.2, 0.25) is 0 Å². The molecule has 1 atom stereocenters. The van der Waals surface area contributed by atoms with Crippen LogP contribution < -0.4 is 5.32 Å². The second kappa shape index (κ2) is 7.93. The molecule has 1 aliphatic heterocycles. The van der Waals surface area contributed by atoms with Gasteiger partial charge in [-0.25, -0.2) is 0 Å². The van der Waals surface area contributed by atoms with Gasteiger partial charge in [0.2, 0.25) is 11.8 Å². The predicted octanol–water partition coefficient (Wildman–Crippen LogP) is 2.56. The second-order valence-corrected chi connectivity index (χ2v) is 7.39. The Kier molecular flexibility index (Phi) is 6.18. The Morgan fingerprint density at radius 3 is 2.96 bits per heavy atom. The average molecular weight is 338 g/mol. The van der Waals surface area contributed by atoms with E-state index < -0.39 is 5.54 Å². The van der Waals surface area contributed by atoms with Gasteiger partial charge in [-0.15, -0.1) is 11.3 Å². The summed E-state index contributed by atoms with van der Waals surface area (Å²) < 4.78 is 5.47. The molecule has 1 aliphatic rings. The van der Waals surface area contributed by atoms with Crippen molar-refractivity contribution in [3.8, 4) is 0 Å². The third-order valence-corrected chi connectivity index (χ3v) is 5.02. The molecule has 1 saturated heterocycles. The molecule has 1 fully saturated rings. The average Bonchev–Trinajstić information content (AvgIpc) is 3.11. The van der Waals surface area contributed by atoms with Crippen LogP contribution in [0.4, 0.5) is 0 Å².